The molecule has 0 unspecified atom stereocenters. The third kappa shape index (κ3) is 4.14. The molecule has 6 heteroatoms. The van der Waals surface area contributed by atoms with Gasteiger partial charge in [0.2, 0.25) is 0 Å². The molecule has 1 aromatic carbocycles. The van der Waals surface area contributed by atoms with Crippen molar-refractivity contribution in [2.45, 2.75) is 20.3 Å². The van der Waals surface area contributed by atoms with Crippen LogP contribution in [0.5, 0.6) is 0 Å². The number of hydrogen-bond acceptors (Lipinski definition) is 4. The highest BCUT2D eigenvalue weighted by atomic mass is 19.1. The molecule has 5 nitrogen and oxygen atoms in total. The van der Waals surface area contributed by atoms with Crippen molar-refractivity contribution in [2.75, 3.05) is 37.6 Å². The maximum absolute atomic E-state index is 13.4. The predicted molar refractivity (Wildman–Crippen MR) is 81.2 cm³/mol. The first-order valence-electron chi connectivity index (χ1n) is 7.38. The van der Waals surface area contributed by atoms with Gasteiger partial charge in [-0.05, 0) is 24.9 Å². The molecule has 0 bridgehead atoms. The van der Waals surface area contributed by atoms with Gasteiger partial charge in [0.25, 0.3) is 5.69 Å². The maximum Gasteiger partial charge on any atom is 0.292 e. The van der Waals surface area contributed by atoms with Crippen molar-refractivity contribution in [1.82, 2.24) is 4.90 Å². The fourth-order valence-electron chi connectivity index (χ4n) is 2.56. The monoisotopic (exact) mass is 295 g/mol. The molecule has 0 N–H and O–H groups in total. The number of nitro groups is 1. The van der Waals surface area contributed by atoms with Crippen molar-refractivity contribution in [3.63, 3.8) is 0 Å². The Labute approximate surface area is 124 Å². The maximum atomic E-state index is 13.4. The molecule has 0 spiro atoms. The number of hydrogen-bond donors (Lipinski definition) is 0. The summed E-state index contributed by atoms with van der Waals surface area (Å²) in [5, 5.41) is 11.1. The van der Waals surface area contributed by atoms with Crippen molar-refractivity contribution < 1.29 is 9.31 Å². The van der Waals surface area contributed by atoms with E-state index in [2.05, 4.69) is 18.7 Å². The minimum Gasteiger partial charge on any atom is -0.363 e. The van der Waals surface area contributed by atoms with Gasteiger partial charge in [0.15, 0.2) is 0 Å². The molecule has 1 aliphatic rings. The molecule has 0 amide bonds. The lowest BCUT2D eigenvalue weighted by Crippen LogP contribution is -2.47. The highest BCUT2D eigenvalue weighted by Gasteiger charge is 2.24. The Hall–Kier alpha value is -1.69. The second-order valence-corrected chi connectivity index (χ2v) is 5.90. The number of piperazine rings is 1. The Morgan fingerprint density at radius 3 is 2.52 bits per heavy atom. The fraction of sp³-hybridized carbons (Fsp3) is 0.600. The molecule has 21 heavy (non-hydrogen) atoms. The van der Waals surface area contributed by atoms with Crippen LogP contribution >= 0.6 is 0 Å². The van der Waals surface area contributed by atoms with Crippen LogP contribution < -0.4 is 4.90 Å². The quantitative estimate of drug-likeness (QED) is 0.619. The molecule has 1 aliphatic heterocycles. The topological polar surface area (TPSA) is 49.6 Å². The number of anilines is 1. The van der Waals surface area contributed by atoms with Gasteiger partial charge < -0.3 is 4.90 Å². The Bertz CT molecular complexity index is 500. The number of nitro benzene ring substituents is 1. The van der Waals surface area contributed by atoms with E-state index in [1.54, 1.807) is 0 Å². The second kappa shape index (κ2) is 6.85. The van der Waals surface area contributed by atoms with Crippen molar-refractivity contribution >= 4 is 11.4 Å². The third-order valence-electron chi connectivity index (χ3n) is 3.87. The van der Waals surface area contributed by atoms with Gasteiger partial charge in [-0.15, -0.1) is 0 Å². The molecule has 0 aromatic heterocycles. The molecule has 2 rings (SSSR count). The van der Waals surface area contributed by atoms with Crippen LogP contribution in [-0.4, -0.2) is 42.5 Å². The molecule has 1 aromatic rings. The summed E-state index contributed by atoms with van der Waals surface area (Å²) in [5.74, 6) is 0.241. The van der Waals surface area contributed by atoms with E-state index in [1.807, 2.05) is 4.90 Å². The Morgan fingerprint density at radius 2 is 1.95 bits per heavy atom. The number of rotatable bonds is 5. The van der Waals surface area contributed by atoms with Crippen molar-refractivity contribution in [1.29, 1.82) is 0 Å². The van der Waals surface area contributed by atoms with Crippen LogP contribution in [0.1, 0.15) is 20.3 Å². The van der Waals surface area contributed by atoms with E-state index < -0.39 is 10.7 Å². The standard InChI is InChI=1S/C15H22FN3O2/c1-12(2)5-6-17-7-9-18(10-8-17)15-11-13(16)3-4-14(15)19(20)21/h3-4,11-12H,5-10H2,1-2H3. The van der Waals surface area contributed by atoms with Crippen LogP contribution in [0.15, 0.2) is 18.2 Å². The van der Waals surface area contributed by atoms with E-state index in [4.69, 9.17) is 0 Å². The average molecular weight is 295 g/mol. The van der Waals surface area contributed by atoms with E-state index in [9.17, 15) is 14.5 Å². The normalized spacial score (nSPS) is 16.5. The highest BCUT2D eigenvalue weighted by molar-refractivity contribution is 5.63. The zero-order valence-corrected chi connectivity index (χ0v) is 12.6. The zero-order chi connectivity index (χ0) is 15.4. The van der Waals surface area contributed by atoms with Crippen LogP contribution in [0, 0.1) is 21.8 Å². The van der Waals surface area contributed by atoms with Crippen molar-refractivity contribution in [2.24, 2.45) is 5.92 Å². The number of halogens is 1. The molecule has 1 fully saturated rings. The molecule has 1 heterocycles. The first kappa shape index (κ1) is 15.7. The Kier molecular flexibility index (Phi) is 5.12. The summed E-state index contributed by atoms with van der Waals surface area (Å²) in [7, 11) is 0. The lowest BCUT2D eigenvalue weighted by atomic mass is 10.1. The third-order valence-corrected chi connectivity index (χ3v) is 3.87. The molecule has 0 atom stereocenters. The van der Waals surface area contributed by atoms with Gasteiger partial charge in [-0.2, -0.15) is 0 Å². The predicted octanol–water partition coefficient (Wildman–Crippen LogP) is 2.90. The van der Waals surface area contributed by atoms with E-state index in [-0.39, 0.29) is 5.69 Å². The molecule has 1 saturated heterocycles. The Morgan fingerprint density at radius 1 is 1.29 bits per heavy atom. The minimum atomic E-state index is -0.445. The molecular formula is C15H22FN3O2. The van der Waals surface area contributed by atoms with Gasteiger partial charge in [0.1, 0.15) is 11.5 Å². The van der Waals surface area contributed by atoms with Gasteiger partial charge in [0, 0.05) is 38.3 Å². The average Bonchev–Trinajstić information content (AvgIpc) is 2.45. The summed E-state index contributed by atoms with van der Waals surface area (Å²) >= 11 is 0. The molecular weight excluding hydrogens is 273 g/mol. The van der Waals surface area contributed by atoms with Crippen LogP contribution in [0.2, 0.25) is 0 Å². The minimum absolute atomic E-state index is 0.0213. The van der Waals surface area contributed by atoms with Crippen LogP contribution in [0.3, 0.4) is 0 Å². The van der Waals surface area contributed by atoms with Gasteiger partial charge in [-0.1, -0.05) is 13.8 Å². The summed E-state index contributed by atoms with van der Waals surface area (Å²) < 4.78 is 13.4. The zero-order valence-electron chi connectivity index (χ0n) is 12.6. The number of benzene rings is 1. The second-order valence-electron chi connectivity index (χ2n) is 5.90. The summed E-state index contributed by atoms with van der Waals surface area (Å²) in [4.78, 5) is 14.9. The molecule has 116 valence electrons. The summed E-state index contributed by atoms with van der Waals surface area (Å²) in [6.45, 7) is 8.57. The summed E-state index contributed by atoms with van der Waals surface area (Å²) in [6.07, 6.45) is 1.15. The highest BCUT2D eigenvalue weighted by Crippen LogP contribution is 2.29. The largest absolute Gasteiger partial charge is 0.363 e. The Balaban J connectivity index is 2.02. The van der Waals surface area contributed by atoms with Crippen LogP contribution in [-0.2, 0) is 0 Å². The van der Waals surface area contributed by atoms with E-state index in [0.717, 1.165) is 32.1 Å². The molecule has 0 saturated carbocycles. The van der Waals surface area contributed by atoms with Gasteiger partial charge >= 0.3 is 0 Å². The summed E-state index contributed by atoms with van der Waals surface area (Å²) in [5.41, 5.74) is 0.371. The van der Waals surface area contributed by atoms with Gasteiger partial charge in [-0.3, -0.25) is 15.0 Å². The smallest absolute Gasteiger partial charge is 0.292 e. The van der Waals surface area contributed by atoms with Crippen LogP contribution in [0.25, 0.3) is 0 Å². The van der Waals surface area contributed by atoms with Gasteiger partial charge in [0.05, 0.1) is 4.92 Å². The summed E-state index contributed by atoms with van der Waals surface area (Å²) in [6, 6.07) is 3.65. The lowest BCUT2D eigenvalue weighted by molar-refractivity contribution is -0.384. The lowest BCUT2D eigenvalue weighted by Gasteiger charge is -2.36. The fourth-order valence-corrected chi connectivity index (χ4v) is 2.56. The first-order valence-corrected chi connectivity index (χ1v) is 7.38. The SMILES string of the molecule is CC(C)CCN1CCN(c2cc(F)ccc2[N+](=O)[O-])CC1. The molecule has 0 radical (unpaired) electrons. The van der Waals surface area contributed by atoms with Gasteiger partial charge in [-0.25, -0.2) is 4.39 Å². The van der Waals surface area contributed by atoms with E-state index in [1.165, 1.54) is 12.1 Å². The van der Waals surface area contributed by atoms with Crippen molar-refractivity contribution in [3.05, 3.63) is 34.1 Å². The van der Waals surface area contributed by atoms with Crippen LogP contribution in [0.4, 0.5) is 15.8 Å². The van der Waals surface area contributed by atoms with Crippen molar-refractivity contribution in [3.8, 4) is 0 Å². The first-order chi connectivity index (χ1) is 9.97. The van der Waals surface area contributed by atoms with E-state index in [0.29, 0.717) is 24.7 Å². The number of nitrogens with zero attached hydrogens (tertiary/aromatic N) is 3. The molecule has 0 aliphatic carbocycles. The van der Waals surface area contributed by atoms with E-state index >= 15 is 0 Å².